The van der Waals surface area contributed by atoms with Crippen LogP contribution in [0.5, 0.6) is 0 Å². The van der Waals surface area contributed by atoms with Crippen LogP contribution in [-0.2, 0) is 6.42 Å². The molecular formula is C13H13N5. The average molecular weight is 239 g/mol. The number of aromatic nitrogens is 1. The largest absolute Gasteiger partial charge is 0.396 e. The minimum absolute atomic E-state index is 0.307. The molecule has 0 aliphatic carbocycles. The molecule has 5 N–H and O–H groups in total. The summed E-state index contributed by atoms with van der Waals surface area (Å²) in [4.78, 5) is 4.12. The fraction of sp³-hybridized carbons (Fsp3) is 0.0769. The molecule has 1 heterocycles. The topological polar surface area (TPSA) is 101 Å². The molecule has 5 nitrogen and oxygen atoms in total. The molecule has 2 rings (SSSR count). The molecule has 90 valence electrons. The Kier molecular flexibility index (Phi) is 3.30. The average Bonchev–Trinajstić information content (AvgIpc) is 2.37. The maximum Gasteiger partial charge on any atom is 0.149 e. The van der Waals surface area contributed by atoms with Crippen molar-refractivity contribution in [1.82, 2.24) is 4.98 Å². The molecule has 0 saturated carbocycles. The Hall–Kier alpha value is -2.74. The zero-order valence-electron chi connectivity index (χ0n) is 9.72. The molecule has 0 aliphatic rings. The first-order valence-corrected chi connectivity index (χ1v) is 5.44. The Labute approximate surface area is 105 Å². The molecule has 18 heavy (non-hydrogen) atoms. The molecule has 0 unspecified atom stereocenters. The number of pyridine rings is 1. The van der Waals surface area contributed by atoms with Gasteiger partial charge in [0.25, 0.3) is 0 Å². The molecular weight excluding hydrogens is 226 g/mol. The van der Waals surface area contributed by atoms with Gasteiger partial charge in [-0.25, -0.2) is 4.98 Å². The monoisotopic (exact) mass is 239 g/mol. The lowest BCUT2D eigenvalue weighted by molar-refractivity contribution is 1.26. The summed E-state index contributed by atoms with van der Waals surface area (Å²) in [6.07, 6.45) is 0.410. The van der Waals surface area contributed by atoms with E-state index in [1.165, 1.54) is 0 Å². The van der Waals surface area contributed by atoms with Crippen LogP contribution in [0.2, 0.25) is 0 Å². The predicted molar refractivity (Wildman–Crippen MR) is 72.1 cm³/mol. The van der Waals surface area contributed by atoms with Gasteiger partial charge in [0, 0.05) is 5.69 Å². The van der Waals surface area contributed by atoms with Crippen LogP contribution in [0.25, 0.3) is 0 Å². The summed E-state index contributed by atoms with van der Waals surface area (Å²) < 4.78 is 0. The van der Waals surface area contributed by atoms with Crippen LogP contribution in [0.1, 0.15) is 5.56 Å². The predicted octanol–water partition coefficient (Wildman–Crippen LogP) is 2.06. The highest BCUT2D eigenvalue weighted by Crippen LogP contribution is 2.19. The first-order chi connectivity index (χ1) is 8.69. The van der Waals surface area contributed by atoms with Gasteiger partial charge in [0.05, 0.1) is 18.2 Å². The summed E-state index contributed by atoms with van der Waals surface area (Å²) in [5.41, 5.74) is 13.5. The van der Waals surface area contributed by atoms with Gasteiger partial charge in [-0.3, -0.25) is 0 Å². The summed E-state index contributed by atoms with van der Waals surface area (Å²) >= 11 is 0. The number of nitrogen functional groups attached to an aromatic ring is 2. The molecule has 0 saturated heterocycles. The van der Waals surface area contributed by atoms with Gasteiger partial charge in [0.1, 0.15) is 11.6 Å². The minimum atomic E-state index is 0.307. The van der Waals surface area contributed by atoms with Gasteiger partial charge >= 0.3 is 0 Å². The van der Waals surface area contributed by atoms with Crippen molar-refractivity contribution in [2.24, 2.45) is 0 Å². The van der Waals surface area contributed by atoms with Crippen molar-refractivity contribution in [3.8, 4) is 6.07 Å². The van der Waals surface area contributed by atoms with E-state index in [1.807, 2.05) is 24.3 Å². The Bertz CT molecular complexity index is 583. The summed E-state index contributed by atoms with van der Waals surface area (Å²) in [7, 11) is 0. The van der Waals surface area contributed by atoms with Crippen LogP contribution >= 0.6 is 0 Å². The lowest BCUT2D eigenvalue weighted by atomic mass is 10.1. The number of anilines is 4. The van der Waals surface area contributed by atoms with E-state index in [1.54, 1.807) is 12.1 Å². The van der Waals surface area contributed by atoms with Crippen molar-refractivity contribution in [2.75, 3.05) is 16.8 Å². The summed E-state index contributed by atoms with van der Waals surface area (Å²) in [6, 6.07) is 13.1. The third-order valence-corrected chi connectivity index (χ3v) is 2.47. The fourth-order valence-corrected chi connectivity index (χ4v) is 1.50. The number of nitrogens with two attached hydrogens (primary N) is 2. The van der Waals surface area contributed by atoms with Crippen molar-refractivity contribution in [3.05, 3.63) is 42.0 Å². The second-order valence-corrected chi connectivity index (χ2v) is 3.83. The van der Waals surface area contributed by atoms with Crippen molar-refractivity contribution >= 4 is 23.0 Å². The molecule has 0 spiro atoms. The molecule has 0 atom stereocenters. The Morgan fingerprint density at radius 3 is 2.44 bits per heavy atom. The van der Waals surface area contributed by atoms with Crippen molar-refractivity contribution < 1.29 is 0 Å². The van der Waals surface area contributed by atoms with Crippen molar-refractivity contribution in [1.29, 1.82) is 5.26 Å². The number of nitrogens with one attached hydrogen (secondary N) is 1. The van der Waals surface area contributed by atoms with Gasteiger partial charge in [0.15, 0.2) is 0 Å². The molecule has 5 heteroatoms. The number of hydrogen-bond acceptors (Lipinski definition) is 5. The quantitative estimate of drug-likeness (QED) is 0.761. The van der Waals surface area contributed by atoms with Crippen molar-refractivity contribution in [3.63, 3.8) is 0 Å². The summed E-state index contributed by atoms with van der Waals surface area (Å²) in [6.45, 7) is 0. The molecule has 1 aromatic carbocycles. The van der Waals surface area contributed by atoms with E-state index in [9.17, 15) is 0 Å². The van der Waals surface area contributed by atoms with E-state index in [4.69, 9.17) is 16.7 Å². The second-order valence-electron chi connectivity index (χ2n) is 3.83. The number of rotatable bonds is 3. The highest BCUT2D eigenvalue weighted by molar-refractivity contribution is 5.65. The highest BCUT2D eigenvalue weighted by atomic mass is 15.0. The van der Waals surface area contributed by atoms with Gasteiger partial charge in [-0.05, 0) is 29.8 Å². The molecule has 0 amide bonds. The molecule has 2 aromatic rings. The number of benzene rings is 1. The maximum absolute atomic E-state index is 8.58. The molecule has 0 fully saturated rings. The number of nitrogens with zero attached hydrogens (tertiary/aromatic N) is 2. The Balaban J connectivity index is 2.13. The van der Waals surface area contributed by atoms with E-state index in [2.05, 4.69) is 16.4 Å². The summed E-state index contributed by atoms with van der Waals surface area (Å²) in [5, 5.41) is 11.7. The SMILES string of the molecule is N#CCc1ccc(Nc2ccc(N)c(N)n2)cc1. The molecule has 0 radical (unpaired) electrons. The number of nitriles is 1. The normalized spacial score (nSPS) is 9.72. The third-order valence-electron chi connectivity index (χ3n) is 2.47. The van der Waals surface area contributed by atoms with Crippen LogP contribution in [0.3, 0.4) is 0 Å². The van der Waals surface area contributed by atoms with Gasteiger partial charge in [-0.1, -0.05) is 12.1 Å². The van der Waals surface area contributed by atoms with E-state index in [0.29, 0.717) is 23.7 Å². The van der Waals surface area contributed by atoms with E-state index in [-0.39, 0.29) is 0 Å². The van der Waals surface area contributed by atoms with Crippen molar-refractivity contribution in [2.45, 2.75) is 6.42 Å². The standard InChI is InChI=1S/C13H13N5/c14-8-7-9-1-3-10(4-2-9)17-12-6-5-11(15)13(16)18-12/h1-6H,7,15H2,(H3,16,17,18). The first kappa shape index (κ1) is 11.7. The van der Waals surface area contributed by atoms with E-state index in [0.717, 1.165) is 11.3 Å². The van der Waals surface area contributed by atoms with Gasteiger partial charge in [0.2, 0.25) is 0 Å². The Morgan fingerprint density at radius 2 is 1.83 bits per heavy atom. The van der Waals surface area contributed by atoms with Crippen LogP contribution in [0.15, 0.2) is 36.4 Å². The highest BCUT2D eigenvalue weighted by Gasteiger charge is 2.00. The van der Waals surface area contributed by atoms with Gasteiger partial charge in [-0.15, -0.1) is 0 Å². The van der Waals surface area contributed by atoms with Gasteiger partial charge in [-0.2, -0.15) is 5.26 Å². The van der Waals surface area contributed by atoms with Crippen LogP contribution in [0.4, 0.5) is 23.0 Å². The zero-order valence-corrected chi connectivity index (χ0v) is 9.72. The fourth-order valence-electron chi connectivity index (χ4n) is 1.50. The van der Waals surface area contributed by atoms with Crippen LogP contribution in [-0.4, -0.2) is 4.98 Å². The lowest BCUT2D eigenvalue weighted by Gasteiger charge is -2.07. The smallest absolute Gasteiger partial charge is 0.149 e. The first-order valence-electron chi connectivity index (χ1n) is 5.44. The zero-order chi connectivity index (χ0) is 13.0. The molecule has 0 aliphatic heterocycles. The van der Waals surface area contributed by atoms with E-state index < -0.39 is 0 Å². The Morgan fingerprint density at radius 1 is 1.11 bits per heavy atom. The van der Waals surface area contributed by atoms with Gasteiger partial charge < -0.3 is 16.8 Å². The molecule has 1 aromatic heterocycles. The maximum atomic E-state index is 8.58. The van der Waals surface area contributed by atoms with Crippen LogP contribution in [0, 0.1) is 11.3 Å². The minimum Gasteiger partial charge on any atom is -0.396 e. The second kappa shape index (κ2) is 5.06. The lowest BCUT2D eigenvalue weighted by Crippen LogP contribution is -2.01. The summed E-state index contributed by atoms with van der Waals surface area (Å²) in [5.74, 6) is 0.941. The van der Waals surface area contributed by atoms with Crippen LogP contribution < -0.4 is 16.8 Å². The number of hydrogen-bond donors (Lipinski definition) is 3. The molecule has 0 bridgehead atoms. The third kappa shape index (κ3) is 2.68. The van der Waals surface area contributed by atoms with E-state index >= 15 is 0 Å².